The van der Waals surface area contributed by atoms with Crippen LogP contribution in [0.1, 0.15) is 12.0 Å². The van der Waals surface area contributed by atoms with Gasteiger partial charge in [0.25, 0.3) is 0 Å². The Kier molecular flexibility index (Phi) is 2.33. The molecule has 0 bridgehead atoms. The zero-order valence-corrected chi connectivity index (χ0v) is 9.32. The van der Waals surface area contributed by atoms with Gasteiger partial charge in [-0.1, -0.05) is 6.08 Å². The zero-order chi connectivity index (χ0) is 11.0. The Hall–Kier alpha value is -1.48. The third-order valence-corrected chi connectivity index (χ3v) is 3.18. The van der Waals surface area contributed by atoms with Crippen molar-refractivity contribution in [3.63, 3.8) is 0 Å². The second-order valence-corrected chi connectivity index (χ2v) is 4.13. The van der Waals surface area contributed by atoms with Crippen molar-refractivity contribution < 1.29 is 9.47 Å². The molecular weight excluding hydrogens is 202 g/mol. The molecule has 0 saturated heterocycles. The van der Waals surface area contributed by atoms with Crippen molar-refractivity contribution in [3.8, 4) is 11.5 Å². The highest BCUT2D eigenvalue weighted by Gasteiger charge is 2.26. The summed E-state index contributed by atoms with van der Waals surface area (Å²) in [6.45, 7) is 1.77. The van der Waals surface area contributed by atoms with Gasteiger partial charge in [0, 0.05) is 5.56 Å². The summed E-state index contributed by atoms with van der Waals surface area (Å²) in [5, 5.41) is 3.47. The average Bonchev–Trinajstić information content (AvgIpc) is 2.38. The van der Waals surface area contributed by atoms with Crippen LogP contribution in [0.25, 0.3) is 5.57 Å². The second-order valence-electron chi connectivity index (χ2n) is 4.13. The Morgan fingerprint density at radius 2 is 2.38 bits per heavy atom. The summed E-state index contributed by atoms with van der Waals surface area (Å²) in [5.41, 5.74) is 2.52. The molecule has 0 saturated carbocycles. The normalized spacial score (nSPS) is 22.6. The van der Waals surface area contributed by atoms with Gasteiger partial charge in [0.15, 0.2) is 0 Å². The van der Waals surface area contributed by atoms with Gasteiger partial charge in [-0.3, -0.25) is 0 Å². The number of hydrogen-bond acceptors (Lipinski definition) is 3. The second kappa shape index (κ2) is 3.83. The summed E-state index contributed by atoms with van der Waals surface area (Å²) in [4.78, 5) is 0. The Morgan fingerprint density at radius 1 is 1.44 bits per heavy atom. The molecule has 1 atom stereocenters. The van der Waals surface area contributed by atoms with Crippen LogP contribution in [-0.2, 0) is 0 Å². The molecule has 0 aromatic heterocycles. The van der Waals surface area contributed by atoms with Crippen LogP contribution < -0.4 is 14.8 Å². The van der Waals surface area contributed by atoms with Crippen LogP contribution in [0.3, 0.4) is 0 Å². The maximum absolute atomic E-state index is 5.73. The number of fused-ring (bicyclic) bond motifs is 3. The van der Waals surface area contributed by atoms with Gasteiger partial charge in [0.1, 0.15) is 18.1 Å². The minimum absolute atomic E-state index is 0.341. The molecule has 84 valence electrons. The van der Waals surface area contributed by atoms with Crippen molar-refractivity contribution in [3.05, 3.63) is 29.8 Å². The number of ether oxygens (including phenoxy) is 2. The Labute approximate surface area is 95.1 Å². The first-order chi connectivity index (χ1) is 7.88. The van der Waals surface area contributed by atoms with Crippen molar-refractivity contribution in [2.75, 3.05) is 20.3 Å². The molecular formula is C13H15NO2. The van der Waals surface area contributed by atoms with Gasteiger partial charge in [-0.2, -0.15) is 0 Å². The number of benzene rings is 1. The Morgan fingerprint density at radius 3 is 3.25 bits per heavy atom. The number of rotatable bonds is 1. The standard InChI is InChI=1S/C13H15NO2/c1-15-9-4-5-13-11(7-9)10-3-2-6-14-12(10)8-16-13/h3-5,7,12,14H,2,6,8H2,1H3/t12-/m0/s1. The van der Waals surface area contributed by atoms with Crippen LogP contribution in [0.2, 0.25) is 0 Å². The van der Waals surface area contributed by atoms with Gasteiger partial charge in [0.2, 0.25) is 0 Å². The Bertz CT molecular complexity index is 440. The van der Waals surface area contributed by atoms with E-state index in [0.29, 0.717) is 6.04 Å². The highest BCUT2D eigenvalue weighted by molar-refractivity contribution is 5.77. The topological polar surface area (TPSA) is 30.5 Å². The molecule has 0 spiro atoms. The van der Waals surface area contributed by atoms with Crippen LogP contribution in [0.15, 0.2) is 24.3 Å². The largest absolute Gasteiger partial charge is 0.497 e. The molecule has 0 radical (unpaired) electrons. The lowest BCUT2D eigenvalue weighted by molar-refractivity contribution is 0.275. The fourth-order valence-electron chi connectivity index (χ4n) is 2.34. The molecule has 1 aromatic carbocycles. The summed E-state index contributed by atoms with van der Waals surface area (Å²) >= 11 is 0. The van der Waals surface area contributed by atoms with E-state index in [-0.39, 0.29) is 0 Å². The average molecular weight is 217 g/mol. The number of hydrogen-bond donors (Lipinski definition) is 1. The molecule has 0 unspecified atom stereocenters. The highest BCUT2D eigenvalue weighted by atomic mass is 16.5. The first kappa shape index (κ1) is 9.73. The Balaban J connectivity index is 2.08. The first-order valence-corrected chi connectivity index (χ1v) is 5.63. The van der Waals surface area contributed by atoms with Crippen LogP contribution in [0.4, 0.5) is 0 Å². The minimum atomic E-state index is 0.341. The predicted octanol–water partition coefficient (Wildman–Crippen LogP) is 1.83. The van der Waals surface area contributed by atoms with Crippen molar-refractivity contribution in [2.24, 2.45) is 0 Å². The maximum atomic E-state index is 5.73. The number of nitrogens with one attached hydrogen (secondary N) is 1. The van der Waals surface area contributed by atoms with Gasteiger partial charge in [0.05, 0.1) is 13.2 Å². The van der Waals surface area contributed by atoms with Crippen molar-refractivity contribution in [1.82, 2.24) is 5.32 Å². The molecule has 0 fully saturated rings. The van der Waals surface area contributed by atoms with Crippen molar-refractivity contribution in [2.45, 2.75) is 12.5 Å². The summed E-state index contributed by atoms with van der Waals surface area (Å²) in [6.07, 6.45) is 3.39. The third kappa shape index (κ3) is 1.48. The zero-order valence-electron chi connectivity index (χ0n) is 9.32. The summed E-state index contributed by atoms with van der Waals surface area (Å²) in [5.74, 6) is 1.85. The molecule has 3 nitrogen and oxygen atoms in total. The van der Waals surface area contributed by atoms with Gasteiger partial charge in [-0.25, -0.2) is 0 Å². The van der Waals surface area contributed by atoms with E-state index < -0.39 is 0 Å². The molecule has 2 heterocycles. The minimum Gasteiger partial charge on any atom is -0.497 e. The van der Waals surface area contributed by atoms with Gasteiger partial charge in [-0.15, -0.1) is 0 Å². The van der Waals surface area contributed by atoms with E-state index in [1.165, 1.54) is 11.1 Å². The summed E-state index contributed by atoms with van der Waals surface area (Å²) in [6, 6.07) is 6.32. The van der Waals surface area contributed by atoms with E-state index in [1.54, 1.807) is 7.11 Å². The lowest BCUT2D eigenvalue weighted by Crippen LogP contribution is -2.41. The predicted molar refractivity (Wildman–Crippen MR) is 62.9 cm³/mol. The fraction of sp³-hybridized carbons (Fsp3) is 0.385. The van der Waals surface area contributed by atoms with E-state index >= 15 is 0 Å². The van der Waals surface area contributed by atoms with E-state index in [4.69, 9.17) is 9.47 Å². The molecule has 0 aliphatic carbocycles. The fourth-order valence-corrected chi connectivity index (χ4v) is 2.34. The molecule has 2 aliphatic rings. The SMILES string of the molecule is COc1ccc2c(c1)C1=CCCN[C@H]1CO2. The van der Waals surface area contributed by atoms with Crippen molar-refractivity contribution in [1.29, 1.82) is 0 Å². The monoisotopic (exact) mass is 217 g/mol. The van der Waals surface area contributed by atoms with Crippen LogP contribution in [0.5, 0.6) is 11.5 Å². The summed E-state index contributed by atoms with van der Waals surface area (Å²) in [7, 11) is 1.69. The maximum Gasteiger partial charge on any atom is 0.127 e. The van der Waals surface area contributed by atoms with Crippen LogP contribution in [0, 0.1) is 0 Å². The molecule has 3 rings (SSSR count). The van der Waals surface area contributed by atoms with Gasteiger partial charge >= 0.3 is 0 Å². The van der Waals surface area contributed by atoms with E-state index in [0.717, 1.165) is 31.1 Å². The molecule has 3 heteroatoms. The smallest absolute Gasteiger partial charge is 0.127 e. The number of methoxy groups -OCH3 is 1. The lowest BCUT2D eigenvalue weighted by atomic mass is 9.92. The highest BCUT2D eigenvalue weighted by Crippen LogP contribution is 2.36. The lowest BCUT2D eigenvalue weighted by Gasteiger charge is -2.32. The molecule has 16 heavy (non-hydrogen) atoms. The third-order valence-electron chi connectivity index (χ3n) is 3.18. The molecule has 1 N–H and O–H groups in total. The van der Waals surface area contributed by atoms with Crippen LogP contribution in [-0.4, -0.2) is 26.3 Å². The van der Waals surface area contributed by atoms with Gasteiger partial charge in [-0.05, 0) is 36.7 Å². The van der Waals surface area contributed by atoms with E-state index in [1.807, 2.05) is 12.1 Å². The van der Waals surface area contributed by atoms with Crippen molar-refractivity contribution >= 4 is 5.57 Å². The van der Waals surface area contributed by atoms with E-state index in [9.17, 15) is 0 Å². The quantitative estimate of drug-likeness (QED) is 0.778. The molecule has 2 aliphatic heterocycles. The first-order valence-electron chi connectivity index (χ1n) is 5.63. The van der Waals surface area contributed by atoms with Crippen LogP contribution >= 0.6 is 0 Å². The summed E-state index contributed by atoms with van der Waals surface area (Å²) < 4.78 is 11.0. The van der Waals surface area contributed by atoms with E-state index in [2.05, 4.69) is 17.5 Å². The molecule has 1 aromatic rings. The van der Waals surface area contributed by atoms with Gasteiger partial charge < -0.3 is 14.8 Å². The molecule has 0 amide bonds.